The Balaban J connectivity index is 1.96. The average molecular weight is 233 g/mol. The van der Waals surface area contributed by atoms with Crippen LogP contribution in [0, 0.1) is 0 Å². The average Bonchev–Trinajstić information content (AvgIpc) is 2.84. The van der Waals surface area contributed by atoms with Gasteiger partial charge in [0.15, 0.2) is 12.4 Å². The van der Waals surface area contributed by atoms with Crippen molar-refractivity contribution in [3.05, 3.63) is 41.5 Å². The smallest absolute Gasteiger partial charge is 0.264 e. The third-order valence-electron chi connectivity index (χ3n) is 2.32. The van der Waals surface area contributed by atoms with E-state index in [1.165, 1.54) is 0 Å². The van der Waals surface area contributed by atoms with Crippen LogP contribution in [-0.2, 0) is 19.6 Å². The minimum Gasteiger partial charge on any atom is -0.484 e. The summed E-state index contributed by atoms with van der Waals surface area (Å²) < 4.78 is 10.6. The first kappa shape index (κ1) is 11.6. The van der Waals surface area contributed by atoms with E-state index in [9.17, 15) is 0 Å². The number of ether oxygens (including phenoxy) is 1. The zero-order valence-corrected chi connectivity index (χ0v) is 9.72. The second-order valence-corrected chi connectivity index (χ2v) is 3.60. The van der Waals surface area contributed by atoms with Gasteiger partial charge in [-0.25, -0.2) is 0 Å². The van der Waals surface area contributed by atoms with Crippen molar-refractivity contribution in [3.63, 3.8) is 0 Å². The predicted molar refractivity (Wildman–Crippen MR) is 62.3 cm³/mol. The Morgan fingerprint density at radius 2 is 2.29 bits per heavy atom. The fourth-order valence-corrected chi connectivity index (χ4v) is 1.40. The maximum atomic E-state index is 5.55. The number of nitrogens with zero attached hydrogens (tertiary/aromatic N) is 2. The molecule has 0 bridgehead atoms. The highest BCUT2D eigenvalue weighted by molar-refractivity contribution is 5.28. The van der Waals surface area contributed by atoms with Crippen LogP contribution >= 0.6 is 0 Å². The lowest BCUT2D eigenvalue weighted by Crippen LogP contribution is -1.99. The summed E-state index contributed by atoms with van der Waals surface area (Å²) in [5.41, 5.74) is 6.58. The summed E-state index contributed by atoms with van der Waals surface area (Å²) >= 11 is 0. The standard InChI is InChI=1S/C12H15N3O2/c1-2-11-14-12(17-15-11)8-16-10-5-3-4-9(6-10)7-13/h3-6H,2,7-8,13H2,1H3. The van der Waals surface area contributed by atoms with Crippen molar-refractivity contribution in [2.75, 3.05) is 0 Å². The van der Waals surface area contributed by atoms with Gasteiger partial charge in [-0.05, 0) is 17.7 Å². The summed E-state index contributed by atoms with van der Waals surface area (Å²) in [6.45, 7) is 2.75. The SMILES string of the molecule is CCc1noc(COc2cccc(CN)c2)n1. The van der Waals surface area contributed by atoms with E-state index in [4.69, 9.17) is 15.0 Å². The molecule has 0 aliphatic rings. The first-order valence-electron chi connectivity index (χ1n) is 5.55. The quantitative estimate of drug-likeness (QED) is 0.850. The molecule has 5 nitrogen and oxygen atoms in total. The molecule has 0 fully saturated rings. The lowest BCUT2D eigenvalue weighted by Gasteiger charge is -2.04. The Bertz CT molecular complexity index is 482. The molecule has 0 saturated carbocycles. The minimum absolute atomic E-state index is 0.279. The molecule has 0 aliphatic heterocycles. The fraction of sp³-hybridized carbons (Fsp3) is 0.333. The highest BCUT2D eigenvalue weighted by Crippen LogP contribution is 2.14. The first-order chi connectivity index (χ1) is 8.31. The van der Waals surface area contributed by atoms with Crippen molar-refractivity contribution in [1.29, 1.82) is 0 Å². The highest BCUT2D eigenvalue weighted by Gasteiger charge is 2.05. The van der Waals surface area contributed by atoms with Crippen LogP contribution in [0.1, 0.15) is 24.2 Å². The number of benzene rings is 1. The van der Waals surface area contributed by atoms with Gasteiger partial charge in [0, 0.05) is 13.0 Å². The van der Waals surface area contributed by atoms with Gasteiger partial charge in [-0.2, -0.15) is 4.98 Å². The van der Waals surface area contributed by atoms with Crippen LogP contribution in [0.25, 0.3) is 0 Å². The minimum atomic E-state index is 0.279. The third kappa shape index (κ3) is 3.04. The lowest BCUT2D eigenvalue weighted by atomic mass is 10.2. The van der Waals surface area contributed by atoms with Crippen molar-refractivity contribution >= 4 is 0 Å². The molecule has 0 aliphatic carbocycles. The van der Waals surface area contributed by atoms with Crippen molar-refractivity contribution in [3.8, 4) is 5.75 Å². The van der Waals surface area contributed by atoms with E-state index in [2.05, 4.69) is 10.1 Å². The van der Waals surface area contributed by atoms with Crippen molar-refractivity contribution < 1.29 is 9.26 Å². The van der Waals surface area contributed by atoms with Gasteiger partial charge in [-0.15, -0.1) is 0 Å². The molecule has 90 valence electrons. The van der Waals surface area contributed by atoms with Gasteiger partial charge in [0.25, 0.3) is 5.89 Å². The van der Waals surface area contributed by atoms with Gasteiger partial charge in [0.05, 0.1) is 0 Å². The van der Waals surface area contributed by atoms with E-state index in [-0.39, 0.29) is 6.61 Å². The molecular formula is C12H15N3O2. The summed E-state index contributed by atoms with van der Waals surface area (Å²) in [4.78, 5) is 4.16. The molecule has 5 heteroatoms. The van der Waals surface area contributed by atoms with E-state index in [0.29, 0.717) is 18.3 Å². The van der Waals surface area contributed by atoms with Crippen LogP contribution in [0.3, 0.4) is 0 Å². The van der Waals surface area contributed by atoms with Gasteiger partial charge >= 0.3 is 0 Å². The Kier molecular flexibility index (Phi) is 3.72. The summed E-state index contributed by atoms with van der Waals surface area (Å²) in [5, 5.41) is 3.79. The van der Waals surface area contributed by atoms with E-state index < -0.39 is 0 Å². The molecule has 1 heterocycles. The van der Waals surface area contributed by atoms with Crippen molar-refractivity contribution in [2.45, 2.75) is 26.5 Å². The number of aromatic nitrogens is 2. The molecule has 0 saturated heterocycles. The molecule has 2 N–H and O–H groups in total. The summed E-state index contributed by atoms with van der Waals surface area (Å²) in [6.07, 6.45) is 0.756. The van der Waals surface area contributed by atoms with Crippen LogP contribution in [0.2, 0.25) is 0 Å². The first-order valence-corrected chi connectivity index (χ1v) is 5.55. The van der Waals surface area contributed by atoms with Gasteiger partial charge in [-0.3, -0.25) is 0 Å². The zero-order valence-electron chi connectivity index (χ0n) is 9.72. The molecular weight excluding hydrogens is 218 g/mol. The van der Waals surface area contributed by atoms with Gasteiger partial charge in [-0.1, -0.05) is 24.2 Å². The normalized spacial score (nSPS) is 10.5. The molecule has 2 aromatic rings. The summed E-state index contributed by atoms with van der Waals surface area (Å²) in [6, 6.07) is 7.63. The number of rotatable bonds is 5. The lowest BCUT2D eigenvalue weighted by molar-refractivity contribution is 0.242. The maximum Gasteiger partial charge on any atom is 0.264 e. The van der Waals surface area contributed by atoms with Crippen LogP contribution in [0.5, 0.6) is 5.75 Å². The van der Waals surface area contributed by atoms with Crippen LogP contribution in [0.4, 0.5) is 0 Å². The maximum absolute atomic E-state index is 5.55. The summed E-state index contributed by atoms with van der Waals surface area (Å²) in [7, 11) is 0. The molecule has 0 atom stereocenters. The zero-order chi connectivity index (χ0) is 12.1. The fourth-order valence-electron chi connectivity index (χ4n) is 1.40. The van der Waals surface area contributed by atoms with Gasteiger partial charge < -0.3 is 15.0 Å². The molecule has 0 amide bonds. The number of hydrogen-bond donors (Lipinski definition) is 1. The molecule has 1 aromatic heterocycles. The number of nitrogens with two attached hydrogens (primary N) is 1. The van der Waals surface area contributed by atoms with E-state index in [1.807, 2.05) is 31.2 Å². The molecule has 0 radical (unpaired) electrons. The summed E-state index contributed by atoms with van der Waals surface area (Å²) in [5.74, 6) is 1.93. The van der Waals surface area contributed by atoms with Crippen molar-refractivity contribution in [2.24, 2.45) is 5.73 Å². The molecule has 0 spiro atoms. The Labute approximate surface area is 99.6 Å². The highest BCUT2D eigenvalue weighted by atomic mass is 16.5. The van der Waals surface area contributed by atoms with E-state index in [1.54, 1.807) is 0 Å². The van der Waals surface area contributed by atoms with Crippen LogP contribution in [-0.4, -0.2) is 10.1 Å². The molecule has 17 heavy (non-hydrogen) atoms. The second kappa shape index (κ2) is 5.45. The molecule has 2 rings (SSSR count). The van der Waals surface area contributed by atoms with Gasteiger partial charge in [0.2, 0.25) is 0 Å². The van der Waals surface area contributed by atoms with Gasteiger partial charge in [0.1, 0.15) is 5.75 Å². The number of aryl methyl sites for hydroxylation is 1. The van der Waals surface area contributed by atoms with E-state index >= 15 is 0 Å². The van der Waals surface area contributed by atoms with Crippen LogP contribution < -0.4 is 10.5 Å². The van der Waals surface area contributed by atoms with E-state index in [0.717, 1.165) is 17.7 Å². The third-order valence-corrected chi connectivity index (χ3v) is 2.32. The Hall–Kier alpha value is -1.88. The molecule has 1 aromatic carbocycles. The monoisotopic (exact) mass is 233 g/mol. The molecule has 0 unspecified atom stereocenters. The predicted octanol–water partition coefficient (Wildman–Crippen LogP) is 1.67. The number of hydrogen-bond acceptors (Lipinski definition) is 5. The second-order valence-electron chi connectivity index (χ2n) is 3.60. The topological polar surface area (TPSA) is 74.2 Å². The van der Waals surface area contributed by atoms with Crippen LogP contribution in [0.15, 0.2) is 28.8 Å². The Morgan fingerprint density at radius 3 is 3.00 bits per heavy atom. The Morgan fingerprint density at radius 1 is 1.41 bits per heavy atom. The largest absolute Gasteiger partial charge is 0.484 e. The van der Waals surface area contributed by atoms with Crippen molar-refractivity contribution in [1.82, 2.24) is 10.1 Å².